The SMILES string of the molecule is C=CCOc1ccc(O)c2c1NCCC2. The second kappa shape index (κ2) is 4.26. The first-order valence-electron chi connectivity index (χ1n) is 5.15. The minimum absolute atomic E-state index is 0.350. The summed E-state index contributed by atoms with van der Waals surface area (Å²) in [4.78, 5) is 0. The van der Waals surface area contributed by atoms with Crippen LogP contribution in [0.25, 0.3) is 0 Å². The highest BCUT2D eigenvalue weighted by atomic mass is 16.5. The van der Waals surface area contributed by atoms with E-state index in [-0.39, 0.29) is 0 Å². The average molecular weight is 205 g/mol. The number of phenols is 1. The van der Waals surface area contributed by atoms with Crippen LogP contribution in [-0.2, 0) is 6.42 Å². The lowest BCUT2D eigenvalue weighted by Gasteiger charge is -2.21. The smallest absolute Gasteiger partial charge is 0.143 e. The van der Waals surface area contributed by atoms with Gasteiger partial charge in [0.15, 0.2) is 0 Å². The maximum absolute atomic E-state index is 9.69. The maximum atomic E-state index is 9.69. The molecular weight excluding hydrogens is 190 g/mol. The van der Waals surface area contributed by atoms with E-state index in [1.165, 1.54) is 0 Å². The molecule has 0 amide bonds. The summed E-state index contributed by atoms with van der Waals surface area (Å²) in [7, 11) is 0. The van der Waals surface area contributed by atoms with Gasteiger partial charge >= 0.3 is 0 Å². The van der Waals surface area contributed by atoms with Gasteiger partial charge in [-0.1, -0.05) is 12.7 Å². The summed E-state index contributed by atoms with van der Waals surface area (Å²) in [6, 6.07) is 3.47. The number of hydrogen-bond donors (Lipinski definition) is 2. The van der Waals surface area contributed by atoms with Gasteiger partial charge in [-0.15, -0.1) is 0 Å². The largest absolute Gasteiger partial charge is 0.508 e. The highest BCUT2D eigenvalue weighted by Crippen LogP contribution is 2.37. The highest BCUT2D eigenvalue weighted by molar-refractivity contribution is 5.67. The Morgan fingerprint density at radius 2 is 2.40 bits per heavy atom. The highest BCUT2D eigenvalue weighted by Gasteiger charge is 2.16. The molecular formula is C12H15NO2. The fraction of sp³-hybridized carbons (Fsp3) is 0.333. The van der Waals surface area contributed by atoms with Crippen LogP contribution in [0.4, 0.5) is 5.69 Å². The molecule has 0 unspecified atom stereocenters. The molecule has 0 saturated heterocycles. The molecule has 2 rings (SSSR count). The Bertz CT molecular complexity index is 374. The third-order valence-electron chi connectivity index (χ3n) is 2.51. The summed E-state index contributed by atoms with van der Waals surface area (Å²) in [6.45, 7) is 5.03. The van der Waals surface area contributed by atoms with Gasteiger partial charge in [-0.3, -0.25) is 0 Å². The molecule has 0 aliphatic carbocycles. The van der Waals surface area contributed by atoms with Crippen LogP contribution in [-0.4, -0.2) is 18.3 Å². The van der Waals surface area contributed by atoms with E-state index < -0.39 is 0 Å². The van der Waals surface area contributed by atoms with Crippen LogP contribution >= 0.6 is 0 Å². The molecule has 0 spiro atoms. The first-order valence-corrected chi connectivity index (χ1v) is 5.15. The fourth-order valence-corrected chi connectivity index (χ4v) is 1.81. The topological polar surface area (TPSA) is 41.5 Å². The van der Waals surface area contributed by atoms with Crippen molar-refractivity contribution in [2.24, 2.45) is 0 Å². The Labute approximate surface area is 89.4 Å². The second-order valence-corrected chi connectivity index (χ2v) is 3.57. The van der Waals surface area contributed by atoms with Crippen LogP contribution in [0.1, 0.15) is 12.0 Å². The van der Waals surface area contributed by atoms with Crippen LogP contribution < -0.4 is 10.1 Å². The van der Waals surface area contributed by atoms with Gasteiger partial charge in [0.1, 0.15) is 18.1 Å². The summed E-state index contributed by atoms with van der Waals surface area (Å²) in [5.41, 5.74) is 1.89. The third-order valence-corrected chi connectivity index (χ3v) is 2.51. The van der Waals surface area contributed by atoms with Gasteiger partial charge in [-0.2, -0.15) is 0 Å². The van der Waals surface area contributed by atoms with Crippen molar-refractivity contribution in [1.29, 1.82) is 0 Å². The monoisotopic (exact) mass is 205 g/mol. The van der Waals surface area contributed by atoms with Crippen LogP contribution in [0.5, 0.6) is 11.5 Å². The molecule has 0 bridgehead atoms. The Morgan fingerprint density at radius 3 is 3.20 bits per heavy atom. The van der Waals surface area contributed by atoms with E-state index in [0.717, 1.165) is 36.4 Å². The van der Waals surface area contributed by atoms with E-state index >= 15 is 0 Å². The van der Waals surface area contributed by atoms with Crippen molar-refractivity contribution in [1.82, 2.24) is 0 Å². The number of rotatable bonds is 3. The van der Waals surface area contributed by atoms with Crippen molar-refractivity contribution in [3.63, 3.8) is 0 Å². The molecule has 0 atom stereocenters. The molecule has 3 heteroatoms. The average Bonchev–Trinajstić information content (AvgIpc) is 2.29. The van der Waals surface area contributed by atoms with Crippen LogP contribution in [0.3, 0.4) is 0 Å². The van der Waals surface area contributed by atoms with Crippen LogP contribution in [0.2, 0.25) is 0 Å². The van der Waals surface area contributed by atoms with Gasteiger partial charge < -0.3 is 15.2 Å². The fourth-order valence-electron chi connectivity index (χ4n) is 1.81. The zero-order valence-corrected chi connectivity index (χ0v) is 8.62. The van der Waals surface area contributed by atoms with Crippen molar-refractivity contribution < 1.29 is 9.84 Å². The van der Waals surface area contributed by atoms with Crippen molar-refractivity contribution in [2.75, 3.05) is 18.5 Å². The molecule has 0 fully saturated rings. The number of aromatic hydroxyl groups is 1. The van der Waals surface area contributed by atoms with Crippen molar-refractivity contribution in [3.05, 3.63) is 30.4 Å². The predicted octanol–water partition coefficient (Wildman–Crippen LogP) is 2.32. The van der Waals surface area contributed by atoms with Crippen molar-refractivity contribution in [2.45, 2.75) is 12.8 Å². The lowest BCUT2D eigenvalue weighted by atomic mass is 10.0. The Kier molecular flexibility index (Phi) is 2.81. The lowest BCUT2D eigenvalue weighted by Crippen LogP contribution is -2.13. The number of benzene rings is 1. The molecule has 0 radical (unpaired) electrons. The second-order valence-electron chi connectivity index (χ2n) is 3.57. The first kappa shape index (κ1) is 9.90. The quantitative estimate of drug-likeness (QED) is 0.744. The van der Waals surface area contributed by atoms with Crippen molar-refractivity contribution in [3.8, 4) is 11.5 Å². The molecule has 1 aromatic carbocycles. The predicted molar refractivity (Wildman–Crippen MR) is 60.6 cm³/mol. The molecule has 80 valence electrons. The van der Waals surface area contributed by atoms with Gasteiger partial charge in [0.2, 0.25) is 0 Å². The molecule has 1 aliphatic heterocycles. The van der Waals surface area contributed by atoms with Crippen LogP contribution in [0.15, 0.2) is 24.8 Å². The Balaban J connectivity index is 2.34. The van der Waals surface area contributed by atoms with Gasteiger partial charge in [-0.05, 0) is 25.0 Å². The summed E-state index contributed by atoms with van der Waals surface area (Å²) in [5.74, 6) is 1.14. The maximum Gasteiger partial charge on any atom is 0.143 e. The number of anilines is 1. The number of nitrogens with one attached hydrogen (secondary N) is 1. The molecule has 0 saturated carbocycles. The third kappa shape index (κ3) is 1.91. The van der Waals surface area contributed by atoms with Crippen molar-refractivity contribution >= 4 is 5.69 Å². The van der Waals surface area contributed by atoms with E-state index in [2.05, 4.69) is 11.9 Å². The Hall–Kier alpha value is -1.64. The van der Waals surface area contributed by atoms with E-state index in [1.54, 1.807) is 18.2 Å². The Morgan fingerprint density at radius 1 is 1.53 bits per heavy atom. The molecule has 2 N–H and O–H groups in total. The number of fused-ring (bicyclic) bond motifs is 1. The van der Waals surface area contributed by atoms with E-state index in [4.69, 9.17) is 4.74 Å². The summed E-state index contributed by atoms with van der Waals surface area (Å²) >= 11 is 0. The molecule has 1 heterocycles. The minimum Gasteiger partial charge on any atom is -0.508 e. The summed E-state index contributed by atoms with van der Waals surface area (Å²) in [5, 5.41) is 13.0. The summed E-state index contributed by atoms with van der Waals surface area (Å²) < 4.78 is 5.52. The minimum atomic E-state index is 0.350. The zero-order valence-electron chi connectivity index (χ0n) is 8.62. The van der Waals surface area contributed by atoms with E-state index in [0.29, 0.717) is 12.4 Å². The number of hydrogen-bond acceptors (Lipinski definition) is 3. The number of phenolic OH excluding ortho intramolecular Hbond substituents is 1. The van der Waals surface area contributed by atoms with E-state index in [9.17, 15) is 5.11 Å². The van der Waals surface area contributed by atoms with E-state index in [1.807, 2.05) is 0 Å². The zero-order chi connectivity index (χ0) is 10.7. The standard InChI is InChI=1S/C12H15NO2/c1-2-8-15-11-6-5-10(14)9-4-3-7-13-12(9)11/h2,5-6,13-14H,1,3-4,7-8H2. The number of ether oxygens (including phenoxy) is 1. The van der Waals surface area contributed by atoms with Crippen LogP contribution in [0, 0.1) is 0 Å². The molecule has 3 nitrogen and oxygen atoms in total. The normalized spacial score (nSPS) is 13.9. The molecule has 0 aromatic heterocycles. The molecule has 1 aliphatic rings. The van der Waals surface area contributed by atoms with Gasteiger partial charge in [0, 0.05) is 12.1 Å². The lowest BCUT2D eigenvalue weighted by molar-refractivity contribution is 0.362. The molecule has 1 aromatic rings. The summed E-state index contributed by atoms with van der Waals surface area (Å²) in [6.07, 6.45) is 3.66. The molecule has 15 heavy (non-hydrogen) atoms. The van der Waals surface area contributed by atoms with Gasteiger partial charge in [-0.25, -0.2) is 0 Å². The van der Waals surface area contributed by atoms with Gasteiger partial charge in [0.05, 0.1) is 5.69 Å². The van der Waals surface area contributed by atoms with Gasteiger partial charge in [0.25, 0.3) is 0 Å². The first-order chi connectivity index (χ1) is 7.33.